The second kappa shape index (κ2) is 8.06. The Kier molecular flexibility index (Phi) is 5.85. The van der Waals surface area contributed by atoms with Crippen molar-refractivity contribution in [2.45, 2.75) is 40.2 Å². The van der Waals surface area contributed by atoms with Crippen LogP contribution in [0.5, 0.6) is 0 Å². The first-order valence-electron chi connectivity index (χ1n) is 9.58. The van der Waals surface area contributed by atoms with Gasteiger partial charge in [0.1, 0.15) is 0 Å². The van der Waals surface area contributed by atoms with E-state index in [0.717, 1.165) is 0 Å². The highest BCUT2D eigenvalue weighted by atomic mass is 32.2. The molecule has 1 aromatic heterocycles. The highest BCUT2D eigenvalue weighted by Gasteiger charge is 2.30. The number of hydrogen-bond acceptors (Lipinski definition) is 6. The van der Waals surface area contributed by atoms with Crippen LogP contribution in [-0.2, 0) is 14.8 Å². The van der Waals surface area contributed by atoms with Gasteiger partial charge in [-0.2, -0.15) is 0 Å². The van der Waals surface area contributed by atoms with Crippen molar-refractivity contribution < 1.29 is 27.5 Å². The summed E-state index contributed by atoms with van der Waals surface area (Å²) in [5, 5.41) is 0. The number of ether oxygens (including phenoxy) is 1. The molecule has 0 radical (unpaired) electrons. The maximum Gasteiger partial charge on any atom is 0.338 e. The molecule has 9 heteroatoms. The summed E-state index contributed by atoms with van der Waals surface area (Å²) < 4.78 is 30.8. The topological polar surface area (TPSA) is 114 Å². The number of aromatic amines is 1. The van der Waals surface area contributed by atoms with E-state index in [1.54, 1.807) is 26.0 Å². The van der Waals surface area contributed by atoms with Gasteiger partial charge in [-0.05, 0) is 57.9 Å². The van der Waals surface area contributed by atoms with Crippen LogP contribution in [0.25, 0.3) is 0 Å². The maximum absolute atomic E-state index is 12.8. The number of sulfonamides is 1. The van der Waals surface area contributed by atoms with Gasteiger partial charge < -0.3 is 9.72 Å². The van der Waals surface area contributed by atoms with E-state index in [2.05, 4.69) is 4.98 Å². The number of aryl methyl sites for hydroxylation is 1. The minimum atomic E-state index is -3.37. The zero-order chi connectivity index (χ0) is 22.2. The molecule has 1 fully saturated rings. The Morgan fingerprint density at radius 3 is 2.47 bits per heavy atom. The molecule has 160 valence electrons. The highest BCUT2D eigenvalue weighted by Crippen LogP contribution is 2.25. The van der Waals surface area contributed by atoms with Gasteiger partial charge >= 0.3 is 5.97 Å². The summed E-state index contributed by atoms with van der Waals surface area (Å²) in [4.78, 5) is 40.0. The lowest BCUT2D eigenvalue weighted by Gasteiger charge is -2.18. The maximum atomic E-state index is 12.8. The van der Waals surface area contributed by atoms with Crippen LogP contribution in [0, 0.1) is 13.8 Å². The van der Waals surface area contributed by atoms with Crippen molar-refractivity contribution in [2.24, 2.45) is 0 Å². The first-order chi connectivity index (χ1) is 14.0. The molecule has 1 saturated heterocycles. The van der Waals surface area contributed by atoms with Crippen molar-refractivity contribution in [1.29, 1.82) is 0 Å². The van der Waals surface area contributed by atoms with Gasteiger partial charge in [-0.3, -0.25) is 13.9 Å². The Hall–Kier alpha value is -2.94. The van der Waals surface area contributed by atoms with E-state index in [-0.39, 0.29) is 22.8 Å². The van der Waals surface area contributed by atoms with Gasteiger partial charge in [0.25, 0.3) is 0 Å². The third-order valence-electron chi connectivity index (χ3n) is 5.16. The van der Waals surface area contributed by atoms with E-state index in [9.17, 15) is 22.8 Å². The predicted molar refractivity (Wildman–Crippen MR) is 112 cm³/mol. The number of nitrogens with one attached hydrogen (secondary N) is 1. The van der Waals surface area contributed by atoms with Gasteiger partial charge in [0, 0.05) is 17.8 Å². The molecular weight excluding hydrogens is 408 g/mol. The predicted octanol–water partition coefficient (Wildman–Crippen LogP) is 2.80. The Labute approximate surface area is 175 Å². The zero-order valence-corrected chi connectivity index (χ0v) is 18.1. The first kappa shape index (κ1) is 21.8. The second-order valence-corrected chi connectivity index (χ2v) is 9.40. The fourth-order valence-corrected chi connectivity index (χ4v) is 5.28. The molecule has 1 aliphatic heterocycles. The van der Waals surface area contributed by atoms with Gasteiger partial charge in [-0.25, -0.2) is 13.2 Å². The number of hydrogen-bond donors (Lipinski definition) is 1. The monoisotopic (exact) mass is 432 g/mol. The molecular formula is C21H24N2O6S. The van der Waals surface area contributed by atoms with E-state index >= 15 is 0 Å². The number of rotatable bonds is 6. The third-order valence-corrected chi connectivity index (χ3v) is 7.03. The minimum Gasteiger partial charge on any atom is -0.451 e. The van der Waals surface area contributed by atoms with E-state index in [4.69, 9.17) is 4.74 Å². The smallest absolute Gasteiger partial charge is 0.338 e. The Balaban J connectivity index is 1.78. The van der Waals surface area contributed by atoms with Crippen LogP contribution in [0.2, 0.25) is 0 Å². The van der Waals surface area contributed by atoms with Crippen LogP contribution < -0.4 is 4.31 Å². The van der Waals surface area contributed by atoms with Gasteiger partial charge in [0.2, 0.25) is 15.8 Å². The van der Waals surface area contributed by atoms with Gasteiger partial charge in [0.05, 0.1) is 22.7 Å². The Morgan fingerprint density at radius 2 is 1.90 bits per heavy atom. The number of carbonyl (C=O) groups is 3. The molecule has 0 amide bonds. The lowest BCUT2D eigenvalue weighted by Crippen LogP contribution is -2.26. The molecule has 1 N–H and O–H groups in total. The number of carbonyl (C=O) groups excluding carboxylic acids is 3. The summed E-state index contributed by atoms with van der Waals surface area (Å²) in [6, 6.07) is 6.14. The SMILES string of the molecule is CC(=O)c1c(C)[nH]c(C(=O)C(C)OC(=O)c2cccc(N3CCCS3(=O)=O)c2)c1C. The number of benzene rings is 1. The molecule has 1 aliphatic rings. The van der Waals surface area contributed by atoms with E-state index in [1.165, 1.54) is 30.3 Å². The summed E-state index contributed by atoms with van der Waals surface area (Å²) in [6.45, 7) is 6.61. The number of ketones is 2. The number of aromatic nitrogens is 1. The van der Waals surface area contributed by atoms with E-state index in [0.29, 0.717) is 35.5 Å². The molecule has 1 atom stereocenters. The molecule has 2 heterocycles. The van der Waals surface area contributed by atoms with Crippen molar-refractivity contribution in [1.82, 2.24) is 4.98 Å². The van der Waals surface area contributed by atoms with Gasteiger partial charge in [0.15, 0.2) is 11.9 Å². The molecule has 8 nitrogen and oxygen atoms in total. The van der Waals surface area contributed by atoms with Gasteiger partial charge in [-0.15, -0.1) is 0 Å². The fourth-order valence-electron chi connectivity index (χ4n) is 3.73. The lowest BCUT2D eigenvalue weighted by molar-refractivity contribution is 0.0317. The normalized spacial score (nSPS) is 16.3. The summed E-state index contributed by atoms with van der Waals surface area (Å²) in [5.41, 5.74) is 2.34. The Morgan fingerprint density at radius 1 is 1.20 bits per heavy atom. The summed E-state index contributed by atoms with van der Waals surface area (Å²) in [5.74, 6) is -1.26. The van der Waals surface area contributed by atoms with Crippen molar-refractivity contribution >= 4 is 33.2 Å². The van der Waals surface area contributed by atoms with Crippen molar-refractivity contribution in [3.63, 3.8) is 0 Å². The average molecular weight is 432 g/mol. The number of H-pyrrole nitrogens is 1. The molecule has 0 spiro atoms. The van der Waals surface area contributed by atoms with E-state index in [1.807, 2.05) is 0 Å². The highest BCUT2D eigenvalue weighted by molar-refractivity contribution is 7.93. The first-order valence-corrected chi connectivity index (χ1v) is 11.2. The van der Waals surface area contributed by atoms with Crippen LogP contribution >= 0.6 is 0 Å². The Bertz CT molecular complexity index is 1130. The average Bonchev–Trinajstić information content (AvgIpc) is 3.18. The third kappa shape index (κ3) is 4.02. The second-order valence-electron chi connectivity index (χ2n) is 7.39. The molecule has 0 bridgehead atoms. The largest absolute Gasteiger partial charge is 0.451 e. The van der Waals surface area contributed by atoms with Crippen molar-refractivity contribution in [3.05, 3.63) is 52.3 Å². The number of anilines is 1. The molecule has 1 aromatic carbocycles. The number of esters is 1. The lowest BCUT2D eigenvalue weighted by atomic mass is 10.0. The van der Waals surface area contributed by atoms with Crippen LogP contribution in [-0.4, -0.2) is 49.3 Å². The molecule has 0 aliphatic carbocycles. The van der Waals surface area contributed by atoms with Crippen LogP contribution in [0.4, 0.5) is 5.69 Å². The van der Waals surface area contributed by atoms with Crippen LogP contribution in [0.3, 0.4) is 0 Å². The quantitative estimate of drug-likeness (QED) is 0.555. The van der Waals surface area contributed by atoms with E-state index < -0.39 is 27.9 Å². The molecule has 3 rings (SSSR count). The van der Waals surface area contributed by atoms with Crippen LogP contribution in [0.15, 0.2) is 24.3 Å². The number of nitrogens with zero attached hydrogens (tertiary/aromatic N) is 1. The van der Waals surface area contributed by atoms with Crippen molar-refractivity contribution in [2.75, 3.05) is 16.6 Å². The van der Waals surface area contributed by atoms with Gasteiger partial charge in [-0.1, -0.05) is 6.07 Å². The molecule has 1 unspecified atom stereocenters. The summed E-state index contributed by atoms with van der Waals surface area (Å²) in [7, 11) is -3.37. The fraction of sp³-hybridized carbons (Fsp3) is 0.381. The molecule has 30 heavy (non-hydrogen) atoms. The summed E-state index contributed by atoms with van der Waals surface area (Å²) in [6.07, 6.45) is -0.562. The van der Waals surface area contributed by atoms with Crippen LogP contribution in [0.1, 0.15) is 62.7 Å². The molecule has 2 aromatic rings. The molecule has 0 saturated carbocycles. The minimum absolute atomic E-state index is 0.0738. The number of Topliss-reactive ketones (excluding diaryl/α,β-unsaturated/α-hetero) is 2. The summed E-state index contributed by atoms with van der Waals surface area (Å²) >= 11 is 0. The standard InChI is InChI=1S/C21H24N2O6S/c1-12-18(14(3)24)13(2)22-19(12)20(25)15(4)29-21(26)16-7-5-8-17(11-16)23-9-6-10-30(23,27)28/h5,7-8,11,15,22H,6,9-10H2,1-4H3. The zero-order valence-electron chi connectivity index (χ0n) is 17.3. The van der Waals surface area contributed by atoms with Crippen molar-refractivity contribution in [3.8, 4) is 0 Å².